The summed E-state index contributed by atoms with van der Waals surface area (Å²) in [4.78, 5) is 4.04. The minimum Gasteiger partial charge on any atom is -0.474 e. The van der Waals surface area contributed by atoms with Crippen LogP contribution in [0.5, 0.6) is 5.88 Å². The van der Waals surface area contributed by atoms with Gasteiger partial charge in [-0.3, -0.25) is 0 Å². The number of hydrogen-bond donors (Lipinski definition) is 1. The summed E-state index contributed by atoms with van der Waals surface area (Å²) in [7, 11) is 0. The van der Waals surface area contributed by atoms with Crippen LogP contribution in [0.3, 0.4) is 0 Å². The molecule has 0 aliphatic carbocycles. The van der Waals surface area contributed by atoms with Gasteiger partial charge in [-0.2, -0.15) is 0 Å². The molecule has 1 saturated heterocycles. The van der Waals surface area contributed by atoms with E-state index in [4.69, 9.17) is 26.2 Å². The van der Waals surface area contributed by atoms with Crippen molar-refractivity contribution in [2.24, 2.45) is 0 Å². The molecule has 1 N–H and O–H groups in total. The van der Waals surface area contributed by atoms with Crippen molar-refractivity contribution < 1.29 is 14.6 Å². The minimum atomic E-state index is -0.0707. The molecule has 0 saturated carbocycles. The summed E-state index contributed by atoms with van der Waals surface area (Å²) in [6.07, 6.45) is 3.80. The Kier molecular flexibility index (Phi) is 3.98. The zero-order valence-electron chi connectivity index (χ0n) is 8.86. The van der Waals surface area contributed by atoms with Crippen molar-refractivity contribution in [3.05, 3.63) is 22.8 Å². The first-order valence-corrected chi connectivity index (χ1v) is 5.67. The first kappa shape index (κ1) is 11.6. The number of rotatable bonds is 4. The zero-order chi connectivity index (χ0) is 11.4. The van der Waals surface area contributed by atoms with Crippen LogP contribution in [0.1, 0.15) is 18.4 Å². The van der Waals surface area contributed by atoms with Crippen molar-refractivity contribution in [2.75, 3.05) is 13.2 Å². The second-order valence-electron chi connectivity index (χ2n) is 3.73. The monoisotopic (exact) mass is 243 g/mol. The molecular weight excluding hydrogens is 230 g/mol. The van der Waals surface area contributed by atoms with Crippen LogP contribution in [0.15, 0.2) is 12.3 Å². The van der Waals surface area contributed by atoms with Gasteiger partial charge in [0.15, 0.2) is 0 Å². The van der Waals surface area contributed by atoms with E-state index in [1.54, 1.807) is 12.3 Å². The number of ether oxygens (including phenoxy) is 2. The molecule has 5 heteroatoms. The normalized spacial score (nSPS) is 20.0. The van der Waals surface area contributed by atoms with Gasteiger partial charge in [-0.1, -0.05) is 11.6 Å². The van der Waals surface area contributed by atoms with Gasteiger partial charge in [0.1, 0.15) is 11.6 Å². The van der Waals surface area contributed by atoms with Crippen molar-refractivity contribution in [1.29, 1.82) is 0 Å². The zero-order valence-corrected chi connectivity index (χ0v) is 9.61. The van der Waals surface area contributed by atoms with Crippen LogP contribution in [0, 0.1) is 0 Å². The second kappa shape index (κ2) is 5.48. The molecule has 1 atom stereocenters. The SMILES string of the molecule is OCc1cnc(OCC2CCCO2)c(Cl)c1. The van der Waals surface area contributed by atoms with Crippen LogP contribution in [0.2, 0.25) is 5.02 Å². The van der Waals surface area contributed by atoms with Gasteiger partial charge in [0.25, 0.3) is 0 Å². The first-order valence-electron chi connectivity index (χ1n) is 5.29. The fraction of sp³-hybridized carbons (Fsp3) is 0.545. The molecule has 1 aliphatic heterocycles. The van der Waals surface area contributed by atoms with Crippen molar-refractivity contribution >= 4 is 11.6 Å². The Hall–Kier alpha value is -0.840. The number of pyridine rings is 1. The highest BCUT2D eigenvalue weighted by molar-refractivity contribution is 6.31. The Labute approximate surface area is 99.2 Å². The summed E-state index contributed by atoms with van der Waals surface area (Å²) in [5, 5.41) is 9.32. The van der Waals surface area contributed by atoms with E-state index in [2.05, 4.69) is 4.98 Å². The summed E-state index contributed by atoms with van der Waals surface area (Å²) >= 11 is 5.95. The molecule has 1 fully saturated rings. The van der Waals surface area contributed by atoms with Crippen molar-refractivity contribution in [2.45, 2.75) is 25.6 Å². The quantitative estimate of drug-likeness (QED) is 0.876. The topological polar surface area (TPSA) is 51.6 Å². The number of halogens is 1. The van der Waals surface area contributed by atoms with Crippen LogP contribution in [-0.2, 0) is 11.3 Å². The van der Waals surface area contributed by atoms with E-state index >= 15 is 0 Å². The summed E-state index contributed by atoms with van der Waals surface area (Å²) in [6, 6.07) is 1.65. The highest BCUT2D eigenvalue weighted by Gasteiger charge is 2.17. The number of aliphatic hydroxyl groups excluding tert-OH is 1. The molecule has 0 amide bonds. The maximum Gasteiger partial charge on any atom is 0.232 e. The smallest absolute Gasteiger partial charge is 0.232 e. The maximum absolute atomic E-state index is 8.90. The fourth-order valence-corrected chi connectivity index (χ4v) is 1.85. The average molecular weight is 244 g/mol. The lowest BCUT2D eigenvalue weighted by Crippen LogP contribution is -2.16. The van der Waals surface area contributed by atoms with Gasteiger partial charge in [-0.25, -0.2) is 4.98 Å². The molecule has 0 spiro atoms. The molecule has 4 nitrogen and oxygen atoms in total. The summed E-state index contributed by atoms with van der Waals surface area (Å²) in [5.41, 5.74) is 0.675. The summed E-state index contributed by atoms with van der Waals surface area (Å²) in [5.74, 6) is 0.398. The predicted molar refractivity (Wildman–Crippen MR) is 59.6 cm³/mol. The Morgan fingerprint density at radius 2 is 2.50 bits per heavy atom. The predicted octanol–water partition coefficient (Wildman–Crippen LogP) is 1.79. The van der Waals surface area contributed by atoms with E-state index in [0.29, 0.717) is 23.1 Å². The van der Waals surface area contributed by atoms with E-state index < -0.39 is 0 Å². The molecule has 16 heavy (non-hydrogen) atoms. The largest absolute Gasteiger partial charge is 0.474 e. The van der Waals surface area contributed by atoms with Crippen LogP contribution in [0.4, 0.5) is 0 Å². The van der Waals surface area contributed by atoms with E-state index in [-0.39, 0.29) is 12.7 Å². The third-order valence-corrected chi connectivity index (χ3v) is 2.75. The van der Waals surface area contributed by atoms with Gasteiger partial charge in [0.2, 0.25) is 5.88 Å². The Morgan fingerprint density at radius 3 is 3.12 bits per heavy atom. The number of nitrogens with zero attached hydrogens (tertiary/aromatic N) is 1. The fourth-order valence-electron chi connectivity index (χ4n) is 1.61. The van der Waals surface area contributed by atoms with Gasteiger partial charge < -0.3 is 14.6 Å². The molecule has 1 aliphatic rings. The molecule has 0 radical (unpaired) electrons. The van der Waals surface area contributed by atoms with Crippen molar-refractivity contribution in [3.8, 4) is 5.88 Å². The van der Waals surface area contributed by atoms with Crippen molar-refractivity contribution in [3.63, 3.8) is 0 Å². The molecule has 1 aromatic heterocycles. The maximum atomic E-state index is 8.90. The molecule has 2 heterocycles. The lowest BCUT2D eigenvalue weighted by atomic mass is 10.2. The van der Waals surface area contributed by atoms with Gasteiger partial charge in [-0.05, 0) is 24.5 Å². The van der Waals surface area contributed by atoms with Gasteiger partial charge in [-0.15, -0.1) is 0 Å². The average Bonchev–Trinajstić information content (AvgIpc) is 2.80. The van der Waals surface area contributed by atoms with Crippen LogP contribution in [0.25, 0.3) is 0 Å². The van der Waals surface area contributed by atoms with Crippen molar-refractivity contribution in [1.82, 2.24) is 4.98 Å². The standard InChI is InChI=1S/C11H14ClNO3/c12-10-4-8(6-14)5-13-11(10)16-7-9-2-1-3-15-9/h4-5,9,14H,1-3,6-7H2. The Morgan fingerprint density at radius 1 is 1.62 bits per heavy atom. The van der Waals surface area contributed by atoms with Crippen LogP contribution < -0.4 is 4.74 Å². The Bertz CT molecular complexity index is 353. The molecule has 2 rings (SSSR count). The third-order valence-electron chi connectivity index (χ3n) is 2.48. The molecular formula is C11H14ClNO3. The highest BCUT2D eigenvalue weighted by Crippen LogP contribution is 2.23. The number of hydrogen-bond acceptors (Lipinski definition) is 4. The number of aliphatic hydroxyl groups is 1. The van der Waals surface area contributed by atoms with Gasteiger partial charge >= 0.3 is 0 Å². The van der Waals surface area contributed by atoms with E-state index in [0.717, 1.165) is 19.4 Å². The van der Waals surface area contributed by atoms with E-state index in [9.17, 15) is 0 Å². The summed E-state index contributed by atoms with van der Waals surface area (Å²) < 4.78 is 10.9. The minimum absolute atomic E-state index is 0.0707. The summed E-state index contributed by atoms with van der Waals surface area (Å²) in [6.45, 7) is 1.21. The van der Waals surface area contributed by atoms with Crippen LogP contribution >= 0.6 is 11.6 Å². The van der Waals surface area contributed by atoms with Crippen LogP contribution in [-0.4, -0.2) is 29.4 Å². The van der Waals surface area contributed by atoms with Gasteiger partial charge in [0, 0.05) is 12.8 Å². The molecule has 0 aromatic carbocycles. The molecule has 0 bridgehead atoms. The Balaban J connectivity index is 1.93. The van der Waals surface area contributed by atoms with E-state index in [1.807, 2.05) is 0 Å². The third kappa shape index (κ3) is 2.84. The molecule has 88 valence electrons. The second-order valence-corrected chi connectivity index (χ2v) is 4.14. The lowest BCUT2D eigenvalue weighted by Gasteiger charge is -2.11. The highest BCUT2D eigenvalue weighted by atomic mass is 35.5. The first-order chi connectivity index (χ1) is 7.79. The molecule has 1 aromatic rings. The van der Waals surface area contributed by atoms with Gasteiger partial charge in [0.05, 0.1) is 12.7 Å². The number of aromatic nitrogens is 1. The van der Waals surface area contributed by atoms with E-state index in [1.165, 1.54) is 0 Å². The lowest BCUT2D eigenvalue weighted by molar-refractivity contribution is 0.0663. The molecule has 1 unspecified atom stereocenters.